The molecular formula is C21H19NO4. The number of fused-ring (bicyclic) bond motifs is 1. The number of carbonyl (C=O) groups excluding carboxylic acids is 2. The van der Waals surface area contributed by atoms with E-state index in [1.165, 1.54) is 6.92 Å². The molecule has 132 valence electrons. The van der Waals surface area contributed by atoms with Crippen molar-refractivity contribution in [1.29, 1.82) is 0 Å². The van der Waals surface area contributed by atoms with Gasteiger partial charge in [0, 0.05) is 5.69 Å². The van der Waals surface area contributed by atoms with Crippen molar-refractivity contribution in [1.82, 2.24) is 0 Å². The second-order valence-corrected chi connectivity index (χ2v) is 5.94. The summed E-state index contributed by atoms with van der Waals surface area (Å²) in [6, 6.07) is 21.8. The molecule has 1 amide bonds. The minimum atomic E-state index is -1.42. The first-order valence-electron chi connectivity index (χ1n) is 8.28. The average molecular weight is 349 g/mol. The summed E-state index contributed by atoms with van der Waals surface area (Å²) in [5.41, 5.74) is 1.03. The normalized spacial score (nSPS) is 13.0. The van der Waals surface area contributed by atoms with Crippen molar-refractivity contribution in [2.45, 2.75) is 19.1 Å². The van der Waals surface area contributed by atoms with Gasteiger partial charge in [0.2, 0.25) is 0 Å². The largest absolute Gasteiger partial charge is 0.450 e. The van der Waals surface area contributed by atoms with Crippen molar-refractivity contribution >= 4 is 28.3 Å². The number of amides is 1. The third kappa shape index (κ3) is 4.07. The molecule has 0 spiro atoms. The maximum Gasteiger partial charge on any atom is 0.340 e. The Hall–Kier alpha value is -3.18. The lowest BCUT2D eigenvalue weighted by Gasteiger charge is -2.16. The standard InChI is InChI=1S/C21H19NO4/c1-14(26-21(25)19(23)16-8-3-2-4-9-16)20(24)22-18-12-11-15-7-5-6-10-17(15)13-18/h2-14,19,23H,1H3,(H,22,24)/t14-,19-/m1/s1. The highest BCUT2D eigenvalue weighted by atomic mass is 16.6. The smallest absolute Gasteiger partial charge is 0.340 e. The van der Waals surface area contributed by atoms with Crippen LogP contribution in [0.1, 0.15) is 18.6 Å². The second kappa shape index (κ2) is 7.80. The lowest BCUT2D eigenvalue weighted by atomic mass is 10.1. The van der Waals surface area contributed by atoms with Crippen LogP contribution in [0.3, 0.4) is 0 Å². The molecule has 0 aliphatic carbocycles. The van der Waals surface area contributed by atoms with Gasteiger partial charge in [0.25, 0.3) is 5.91 Å². The van der Waals surface area contributed by atoms with Gasteiger partial charge in [-0.3, -0.25) is 4.79 Å². The van der Waals surface area contributed by atoms with Crippen LogP contribution in [0.25, 0.3) is 10.8 Å². The molecule has 26 heavy (non-hydrogen) atoms. The van der Waals surface area contributed by atoms with Crippen molar-refractivity contribution < 1.29 is 19.4 Å². The van der Waals surface area contributed by atoms with Crippen LogP contribution < -0.4 is 5.32 Å². The summed E-state index contributed by atoms with van der Waals surface area (Å²) in [5, 5.41) is 14.8. The van der Waals surface area contributed by atoms with Crippen LogP contribution in [0.5, 0.6) is 0 Å². The Bertz CT molecular complexity index is 923. The molecule has 5 nitrogen and oxygen atoms in total. The minimum Gasteiger partial charge on any atom is -0.450 e. The Morgan fingerprint density at radius 1 is 0.923 bits per heavy atom. The lowest BCUT2D eigenvalue weighted by molar-refractivity contribution is -0.162. The molecule has 0 saturated heterocycles. The maximum absolute atomic E-state index is 12.3. The summed E-state index contributed by atoms with van der Waals surface area (Å²) < 4.78 is 5.09. The molecule has 0 bridgehead atoms. The molecule has 0 fully saturated rings. The zero-order chi connectivity index (χ0) is 18.5. The summed E-state index contributed by atoms with van der Waals surface area (Å²) in [7, 11) is 0. The monoisotopic (exact) mass is 349 g/mol. The average Bonchev–Trinajstić information content (AvgIpc) is 2.67. The van der Waals surface area contributed by atoms with Gasteiger partial charge in [-0.1, -0.05) is 60.7 Å². The Morgan fingerprint density at radius 3 is 2.31 bits per heavy atom. The van der Waals surface area contributed by atoms with Gasteiger partial charge in [-0.05, 0) is 35.4 Å². The summed E-state index contributed by atoms with van der Waals surface area (Å²) in [6.45, 7) is 1.46. The third-order valence-electron chi connectivity index (χ3n) is 4.02. The fourth-order valence-corrected chi connectivity index (χ4v) is 2.57. The topological polar surface area (TPSA) is 75.6 Å². The van der Waals surface area contributed by atoms with Crippen LogP contribution in [-0.2, 0) is 14.3 Å². The zero-order valence-electron chi connectivity index (χ0n) is 14.3. The number of rotatable bonds is 5. The Labute approximate surface area is 151 Å². The molecule has 0 unspecified atom stereocenters. The van der Waals surface area contributed by atoms with Gasteiger partial charge >= 0.3 is 5.97 Å². The molecule has 0 saturated carbocycles. The lowest BCUT2D eigenvalue weighted by Crippen LogP contribution is -2.31. The quantitative estimate of drug-likeness (QED) is 0.692. The number of aliphatic hydroxyl groups excluding tert-OH is 1. The van der Waals surface area contributed by atoms with Gasteiger partial charge < -0.3 is 15.2 Å². The molecule has 3 aromatic carbocycles. The van der Waals surface area contributed by atoms with Crippen LogP contribution in [0.4, 0.5) is 5.69 Å². The number of hydrogen-bond donors (Lipinski definition) is 2. The number of esters is 1. The van der Waals surface area contributed by atoms with Crippen LogP contribution in [0.2, 0.25) is 0 Å². The Balaban J connectivity index is 1.62. The van der Waals surface area contributed by atoms with Crippen molar-refractivity contribution in [2.24, 2.45) is 0 Å². The second-order valence-electron chi connectivity index (χ2n) is 5.94. The highest BCUT2D eigenvalue weighted by Gasteiger charge is 2.24. The number of anilines is 1. The van der Waals surface area contributed by atoms with Gasteiger partial charge in [0.15, 0.2) is 12.2 Å². The van der Waals surface area contributed by atoms with Crippen molar-refractivity contribution in [3.8, 4) is 0 Å². The van der Waals surface area contributed by atoms with E-state index in [4.69, 9.17) is 4.74 Å². The van der Waals surface area contributed by atoms with Gasteiger partial charge in [-0.25, -0.2) is 4.79 Å². The van der Waals surface area contributed by atoms with Crippen molar-refractivity contribution in [3.63, 3.8) is 0 Å². The van der Waals surface area contributed by atoms with E-state index < -0.39 is 24.1 Å². The fourth-order valence-electron chi connectivity index (χ4n) is 2.57. The van der Waals surface area contributed by atoms with E-state index in [0.717, 1.165) is 10.8 Å². The highest BCUT2D eigenvalue weighted by Crippen LogP contribution is 2.19. The number of nitrogens with one attached hydrogen (secondary N) is 1. The van der Waals surface area contributed by atoms with Crippen LogP contribution in [0, 0.1) is 0 Å². The number of hydrogen-bond acceptors (Lipinski definition) is 4. The molecule has 2 N–H and O–H groups in total. The Morgan fingerprint density at radius 2 is 1.58 bits per heavy atom. The van der Waals surface area contributed by atoms with Gasteiger partial charge in [-0.15, -0.1) is 0 Å². The van der Waals surface area contributed by atoms with Crippen LogP contribution in [0.15, 0.2) is 72.8 Å². The first kappa shape index (κ1) is 17.6. The van der Waals surface area contributed by atoms with E-state index in [1.54, 1.807) is 36.4 Å². The van der Waals surface area contributed by atoms with Crippen molar-refractivity contribution in [2.75, 3.05) is 5.32 Å². The summed E-state index contributed by atoms with van der Waals surface area (Å²) in [5.74, 6) is -1.33. The molecule has 3 aromatic rings. The van der Waals surface area contributed by atoms with E-state index in [0.29, 0.717) is 11.3 Å². The maximum atomic E-state index is 12.3. The number of aliphatic hydroxyl groups is 1. The van der Waals surface area contributed by atoms with Gasteiger partial charge in [0.05, 0.1) is 0 Å². The predicted octanol–water partition coefficient (Wildman–Crippen LogP) is 3.44. The van der Waals surface area contributed by atoms with Crippen LogP contribution >= 0.6 is 0 Å². The Kier molecular flexibility index (Phi) is 5.29. The van der Waals surface area contributed by atoms with Gasteiger partial charge in [-0.2, -0.15) is 0 Å². The minimum absolute atomic E-state index is 0.416. The summed E-state index contributed by atoms with van der Waals surface area (Å²) >= 11 is 0. The van der Waals surface area contributed by atoms with Gasteiger partial charge in [0.1, 0.15) is 0 Å². The molecule has 3 rings (SSSR count). The van der Waals surface area contributed by atoms with E-state index in [-0.39, 0.29) is 0 Å². The third-order valence-corrected chi connectivity index (χ3v) is 4.02. The molecule has 2 atom stereocenters. The summed E-state index contributed by atoms with van der Waals surface area (Å²) in [6.07, 6.45) is -2.46. The van der Waals surface area contributed by atoms with E-state index in [2.05, 4.69) is 5.32 Å². The summed E-state index contributed by atoms with van der Waals surface area (Å²) in [4.78, 5) is 24.3. The number of carbonyl (C=O) groups is 2. The van der Waals surface area contributed by atoms with Crippen molar-refractivity contribution in [3.05, 3.63) is 78.4 Å². The molecule has 0 aromatic heterocycles. The zero-order valence-corrected chi connectivity index (χ0v) is 14.3. The molecule has 0 radical (unpaired) electrons. The predicted molar refractivity (Wildman–Crippen MR) is 99.5 cm³/mol. The highest BCUT2D eigenvalue weighted by molar-refractivity contribution is 5.97. The molecular weight excluding hydrogens is 330 g/mol. The number of benzene rings is 3. The number of ether oxygens (including phenoxy) is 1. The fraction of sp³-hybridized carbons (Fsp3) is 0.143. The van der Waals surface area contributed by atoms with E-state index in [1.807, 2.05) is 36.4 Å². The molecule has 5 heteroatoms. The first-order chi connectivity index (χ1) is 12.5. The molecule has 0 aliphatic heterocycles. The van der Waals surface area contributed by atoms with E-state index in [9.17, 15) is 14.7 Å². The molecule has 0 heterocycles. The first-order valence-corrected chi connectivity index (χ1v) is 8.28. The van der Waals surface area contributed by atoms with Crippen LogP contribution in [-0.4, -0.2) is 23.1 Å². The molecule has 0 aliphatic rings. The SMILES string of the molecule is C[C@@H](OC(=O)[C@H](O)c1ccccc1)C(=O)Nc1ccc2ccccc2c1. The van der Waals surface area contributed by atoms with E-state index >= 15 is 0 Å².